The van der Waals surface area contributed by atoms with E-state index in [4.69, 9.17) is 21.1 Å². The van der Waals surface area contributed by atoms with E-state index in [-0.39, 0.29) is 30.5 Å². The molecule has 2 rings (SSSR count). The number of hydrogen-bond acceptors (Lipinski definition) is 4. The number of nitrogens with zero attached hydrogens (tertiary/aromatic N) is 1. The molecular formula is C20H27ClIN3O3. The topological polar surface area (TPSA) is 75.1 Å². The Kier molecular flexibility index (Phi) is 11.0. The van der Waals surface area contributed by atoms with Crippen LogP contribution in [0.2, 0.25) is 5.02 Å². The molecule has 0 amide bonds. The van der Waals surface area contributed by atoms with Crippen molar-refractivity contribution in [3.05, 3.63) is 58.6 Å². The molecule has 0 aliphatic rings. The second-order valence-corrected chi connectivity index (χ2v) is 6.24. The number of benzene rings is 2. The fraction of sp³-hybridized carbons (Fsp3) is 0.350. The van der Waals surface area contributed by atoms with Crippen LogP contribution in [0.3, 0.4) is 0 Å². The number of rotatable bonds is 8. The molecule has 28 heavy (non-hydrogen) atoms. The van der Waals surface area contributed by atoms with Gasteiger partial charge in [-0.25, -0.2) is 4.99 Å². The highest BCUT2D eigenvalue weighted by molar-refractivity contribution is 14.0. The average molecular weight is 520 g/mol. The predicted molar refractivity (Wildman–Crippen MR) is 124 cm³/mol. The van der Waals surface area contributed by atoms with Gasteiger partial charge >= 0.3 is 0 Å². The maximum Gasteiger partial charge on any atom is 0.191 e. The van der Waals surface area contributed by atoms with Crippen LogP contribution in [0, 0.1) is 0 Å². The predicted octanol–water partition coefficient (Wildman–Crippen LogP) is 3.76. The molecule has 154 valence electrons. The Labute approximate surface area is 188 Å². The van der Waals surface area contributed by atoms with Gasteiger partial charge < -0.3 is 25.2 Å². The van der Waals surface area contributed by atoms with Gasteiger partial charge in [-0.2, -0.15) is 0 Å². The molecule has 3 N–H and O–H groups in total. The van der Waals surface area contributed by atoms with Gasteiger partial charge in [-0.05, 0) is 36.2 Å². The summed E-state index contributed by atoms with van der Waals surface area (Å²) in [6.45, 7) is 3.41. The number of halogens is 2. The monoisotopic (exact) mass is 519 g/mol. The summed E-state index contributed by atoms with van der Waals surface area (Å²) >= 11 is 6.18. The first-order chi connectivity index (χ1) is 13.1. The molecule has 0 aliphatic carbocycles. The molecule has 1 atom stereocenters. The summed E-state index contributed by atoms with van der Waals surface area (Å²) < 4.78 is 10.5. The van der Waals surface area contributed by atoms with Crippen LogP contribution >= 0.6 is 35.6 Å². The number of guanidine groups is 1. The number of aliphatic imine (C=N–C) groups is 1. The Balaban J connectivity index is 0.00000392. The van der Waals surface area contributed by atoms with Crippen molar-refractivity contribution in [2.75, 3.05) is 27.3 Å². The molecule has 0 aromatic heterocycles. The summed E-state index contributed by atoms with van der Waals surface area (Å²) in [7, 11) is 3.15. The number of hydrogen-bond donors (Lipinski definition) is 3. The van der Waals surface area contributed by atoms with Crippen molar-refractivity contribution in [2.24, 2.45) is 4.99 Å². The van der Waals surface area contributed by atoms with E-state index in [1.54, 1.807) is 32.4 Å². The van der Waals surface area contributed by atoms with Gasteiger partial charge in [0.1, 0.15) is 11.5 Å². The molecule has 0 aliphatic heterocycles. The second-order valence-electron chi connectivity index (χ2n) is 5.83. The zero-order chi connectivity index (χ0) is 19.6. The molecule has 0 saturated heterocycles. The van der Waals surface area contributed by atoms with Gasteiger partial charge in [-0.1, -0.05) is 29.8 Å². The molecule has 6 nitrogen and oxygen atoms in total. The Hall–Kier alpha value is -1.71. The summed E-state index contributed by atoms with van der Waals surface area (Å²) in [6.07, 6.45) is -0.752. The van der Waals surface area contributed by atoms with Gasteiger partial charge in [0, 0.05) is 24.2 Å². The lowest BCUT2D eigenvalue weighted by Gasteiger charge is -2.17. The largest absolute Gasteiger partial charge is 0.497 e. The van der Waals surface area contributed by atoms with Crippen LogP contribution < -0.4 is 20.1 Å². The lowest BCUT2D eigenvalue weighted by molar-refractivity contribution is 0.180. The molecule has 2 aromatic carbocycles. The van der Waals surface area contributed by atoms with Gasteiger partial charge in [-0.3, -0.25) is 0 Å². The van der Waals surface area contributed by atoms with E-state index in [0.29, 0.717) is 41.1 Å². The Morgan fingerprint density at radius 1 is 1.11 bits per heavy atom. The molecule has 0 fully saturated rings. The first-order valence-electron chi connectivity index (χ1n) is 8.74. The minimum Gasteiger partial charge on any atom is -0.497 e. The van der Waals surface area contributed by atoms with Crippen LogP contribution in [0.15, 0.2) is 47.5 Å². The highest BCUT2D eigenvalue weighted by atomic mass is 127. The number of methoxy groups -OCH3 is 2. The van der Waals surface area contributed by atoms with Crippen LogP contribution in [-0.2, 0) is 6.54 Å². The summed E-state index contributed by atoms with van der Waals surface area (Å²) in [5, 5.41) is 17.5. The molecule has 0 radical (unpaired) electrons. The van der Waals surface area contributed by atoms with Gasteiger partial charge in [0.2, 0.25) is 0 Å². The van der Waals surface area contributed by atoms with Crippen LogP contribution in [0.1, 0.15) is 24.2 Å². The summed E-state index contributed by atoms with van der Waals surface area (Å²) in [4.78, 5) is 4.53. The van der Waals surface area contributed by atoms with Gasteiger partial charge in [0.05, 0.1) is 26.9 Å². The lowest BCUT2D eigenvalue weighted by atomic mass is 10.1. The Morgan fingerprint density at radius 3 is 2.32 bits per heavy atom. The van der Waals surface area contributed by atoms with E-state index in [0.717, 1.165) is 5.56 Å². The third-order valence-electron chi connectivity index (χ3n) is 3.93. The minimum absolute atomic E-state index is 0. The molecule has 1 unspecified atom stereocenters. The third-order valence-corrected chi connectivity index (χ3v) is 4.30. The van der Waals surface area contributed by atoms with E-state index in [1.807, 2.05) is 31.2 Å². The first kappa shape index (κ1) is 24.3. The average Bonchev–Trinajstić information content (AvgIpc) is 2.70. The smallest absolute Gasteiger partial charge is 0.191 e. The molecule has 0 bridgehead atoms. The van der Waals surface area contributed by atoms with Gasteiger partial charge in [0.25, 0.3) is 0 Å². The standard InChI is InChI=1S/C20H26ClN3O3.HI/c1-4-22-20(23-12-14-7-5-6-8-18(14)21)24-13-19(25)15-9-16(26-2)11-17(10-15)27-3;/h5-11,19,25H,4,12-13H2,1-3H3,(H2,22,23,24);1H. The Morgan fingerprint density at radius 2 is 1.75 bits per heavy atom. The zero-order valence-corrected chi connectivity index (χ0v) is 19.3. The van der Waals surface area contributed by atoms with Crippen molar-refractivity contribution in [1.29, 1.82) is 0 Å². The van der Waals surface area contributed by atoms with Gasteiger partial charge in [0.15, 0.2) is 5.96 Å². The van der Waals surface area contributed by atoms with Crippen LogP contribution in [0.25, 0.3) is 0 Å². The number of aliphatic hydroxyl groups excluding tert-OH is 1. The normalized spacial score (nSPS) is 12.0. The van der Waals surface area contributed by atoms with E-state index in [1.165, 1.54) is 0 Å². The maximum absolute atomic E-state index is 10.5. The minimum atomic E-state index is -0.752. The SMILES string of the molecule is CCNC(=NCc1ccccc1Cl)NCC(O)c1cc(OC)cc(OC)c1.I. The molecule has 8 heteroatoms. The van der Waals surface area contributed by atoms with Crippen molar-refractivity contribution in [3.63, 3.8) is 0 Å². The van der Waals surface area contributed by atoms with Crippen LogP contribution in [-0.4, -0.2) is 38.4 Å². The molecular weight excluding hydrogens is 493 g/mol. The first-order valence-corrected chi connectivity index (χ1v) is 9.11. The fourth-order valence-electron chi connectivity index (χ4n) is 2.47. The summed E-state index contributed by atoms with van der Waals surface area (Å²) in [5.41, 5.74) is 1.63. The number of nitrogens with one attached hydrogen (secondary N) is 2. The zero-order valence-electron chi connectivity index (χ0n) is 16.2. The van der Waals surface area contributed by atoms with Crippen molar-refractivity contribution in [2.45, 2.75) is 19.6 Å². The third kappa shape index (κ3) is 7.37. The fourth-order valence-corrected chi connectivity index (χ4v) is 2.66. The van der Waals surface area contributed by atoms with Crippen molar-refractivity contribution >= 4 is 41.5 Å². The molecule has 0 spiro atoms. The maximum atomic E-state index is 10.5. The number of ether oxygens (including phenoxy) is 2. The number of aliphatic hydroxyl groups is 1. The van der Waals surface area contributed by atoms with Crippen molar-refractivity contribution < 1.29 is 14.6 Å². The van der Waals surface area contributed by atoms with Crippen LogP contribution in [0.4, 0.5) is 0 Å². The van der Waals surface area contributed by atoms with E-state index >= 15 is 0 Å². The van der Waals surface area contributed by atoms with E-state index in [2.05, 4.69) is 15.6 Å². The summed E-state index contributed by atoms with van der Waals surface area (Å²) in [6, 6.07) is 12.9. The van der Waals surface area contributed by atoms with Crippen LogP contribution in [0.5, 0.6) is 11.5 Å². The van der Waals surface area contributed by atoms with Gasteiger partial charge in [-0.15, -0.1) is 24.0 Å². The molecule has 2 aromatic rings. The highest BCUT2D eigenvalue weighted by Gasteiger charge is 2.12. The van der Waals surface area contributed by atoms with Crippen molar-refractivity contribution in [1.82, 2.24) is 10.6 Å². The Bertz CT molecular complexity index is 752. The second kappa shape index (κ2) is 12.7. The molecule has 0 heterocycles. The van der Waals surface area contributed by atoms with E-state index in [9.17, 15) is 5.11 Å². The highest BCUT2D eigenvalue weighted by Crippen LogP contribution is 2.26. The summed E-state index contributed by atoms with van der Waals surface area (Å²) in [5.74, 6) is 1.86. The quantitative estimate of drug-likeness (QED) is 0.281. The van der Waals surface area contributed by atoms with Crippen molar-refractivity contribution in [3.8, 4) is 11.5 Å². The molecule has 0 saturated carbocycles. The lowest BCUT2D eigenvalue weighted by Crippen LogP contribution is -2.39. The van der Waals surface area contributed by atoms with E-state index < -0.39 is 6.10 Å².